The molecule has 0 bridgehead atoms. The molecule has 0 aliphatic heterocycles. The van der Waals surface area contributed by atoms with E-state index in [4.69, 9.17) is 9.84 Å². The molecule has 0 atom stereocenters. The summed E-state index contributed by atoms with van der Waals surface area (Å²) in [6.45, 7) is 2.16. The van der Waals surface area contributed by atoms with E-state index in [0.717, 1.165) is 19.3 Å². The van der Waals surface area contributed by atoms with Crippen LogP contribution in [0.1, 0.15) is 71.1 Å². The summed E-state index contributed by atoms with van der Waals surface area (Å²) in [6, 6.07) is 0. The monoisotopic (exact) mass is 270 g/mol. The molecule has 0 unspecified atom stereocenters. The zero-order valence-corrected chi connectivity index (χ0v) is 12.4. The highest BCUT2D eigenvalue weighted by Crippen LogP contribution is 2.06. The molecule has 0 aromatic carbocycles. The lowest BCUT2D eigenvalue weighted by Gasteiger charge is -2.02. The molecule has 0 fully saturated rings. The van der Waals surface area contributed by atoms with Gasteiger partial charge in [0.2, 0.25) is 0 Å². The van der Waals surface area contributed by atoms with E-state index in [-0.39, 0.29) is 0 Å². The standard InChI is InChI=1S/C16H30O3/c1-2-3-4-5-6-7-8-9-10-11-12-13-14-19-16(18)15-17/h7-8,17H,2-6,9-15H2,1H3/b8-7-. The summed E-state index contributed by atoms with van der Waals surface area (Å²) in [5.41, 5.74) is 0. The predicted molar refractivity (Wildman–Crippen MR) is 79.0 cm³/mol. The Morgan fingerprint density at radius 3 is 2.11 bits per heavy atom. The molecule has 0 radical (unpaired) electrons. The lowest BCUT2D eigenvalue weighted by atomic mass is 10.1. The fourth-order valence-corrected chi connectivity index (χ4v) is 1.87. The molecule has 0 aromatic rings. The van der Waals surface area contributed by atoms with Crippen LogP contribution < -0.4 is 0 Å². The van der Waals surface area contributed by atoms with Crippen molar-refractivity contribution in [3.63, 3.8) is 0 Å². The molecule has 0 aromatic heterocycles. The van der Waals surface area contributed by atoms with Gasteiger partial charge in [0, 0.05) is 0 Å². The number of unbranched alkanes of at least 4 members (excludes halogenated alkanes) is 8. The first-order chi connectivity index (χ1) is 9.31. The summed E-state index contributed by atoms with van der Waals surface area (Å²) in [6.07, 6.45) is 16.7. The lowest BCUT2D eigenvalue weighted by molar-refractivity contribution is -0.147. The zero-order chi connectivity index (χ0) is 14.2. The van der Waals surface area contributed by atoms with Crippen molar-refractivity contribution in [3.05, 3.63) is 12.2 Å². The Labute approximate surface area is 118 Å². The minimum absolute atomic E-state index is 0.437. The van der Waals surface area contributed by atoms with Gasteiger partial charge in [0.1, 0.15) is 6.61 Å². The topological polar surface area (TPSA) is 46.5 Å². The van der Waals surface area contributed by atoms with Crippen LogP contribution in [0.5, 0.6) is 0 Å². The van der Waals surface area contributed by atoms with Gasteiger partial charge in [-0.15, -0.1) is 0 Å². The van der Waals surface area contributed by atoms with Gasteiger partial charge in [-0.25, -0.2) is 4.79 Å². The Balaban J connectivity index is 3.09. The second-order valence-electron chi connectivity index (χ2n) is 4.90. The van der Waals surface area contributed by atoms with Crippen molar-refractivity contribution in [1.29, 1.82) is 0 Å². The molecule has 0 heterocycles. The van der Waals surface area contributed by atoms with Gasteiger partial charge in [0.25, 0.3) is 0 Å². The molecule has 0 saturated heterocycles. The van der Waals surface area contributed by atoms with Crippen molar-refractivity contribution >= 4 is 5.97 Å². The van der Waals surface area contributed by atoms with Gasteiger partial charge in [-0.3, -0.25) is 0 Å². The molecule has 0 aliphatic rings. The molecule has 0 amide bonds. The number of hydrogen-bond acceptors (Lipinski definition) is 3. The van der Waals surface area contributed by atoms with Gasteiger partial charge in [0.15, 0.2) is 0 Å². The average Bonchev–Trinajstić information content (AvgIpc) is 2.43. The van der Waals surface area contributed by atoms with Crippen LogP contribution >= 0.6 is 0 Å². The van der Waals surface area contributed by atoms with Crippen molar-refractivity contribution in [1.82, 2.24) is 0 Å². The maximum absolute atomic E-state index is 10.6. The van der Waals surface area contributed by atoms with Crippen LogP contribution in [0.3, 0.4) is 0 Å². The molecule has 0 rings (SSSR count). The number of ether oxygens (including phenoxy) is 1. The number of esters is 1. The summed E-state index contributed by atoms with van der Waals surface area (Å²) < 4.78 is 4.78. The third-order valence-electron chi connectivity index (χ3n) is 3.05. The minimum Gasteiger partial charge on any atom is -0.464 e. The Hall–Kier alpha value is -0.830. The Morgan fingerprint density at radius 2 is 1.53 bits per heavy atom. The number of hydrogen-bond donors (Lipinski definition) is 1. The third-order valence-corrected chi connectivity index (χ3v) is 3.05. The largest absolute Gasteiger partial charge is 0.464 e. The number of carbonyl (C=O) groups excluding carboxylic acids is 1. The second kappa shape index (κ2) is 15.2. The Morgan fingerprint density at radius 1 is 0.947 bits per heavy atom. The van der Waals surface area contributed by atoms with E-state index in [0.29, 0.717) is 6.61 Å². The number of carbonyl (C=O) groups is 1. The molecule has 0 spiro atoms. The smallest absolute Gasteiger partial charge is 0.331 e. The first kappa shape index (κ1) is 18.2. The predicted octanol–water partition coefficient (Wildman–Crippen LogP) is 4.00. The first-order valence-electron chi connectivity index (χ1n) is 7.72. The molecular formula is C16H30O3. The highest BCUT2D eigenvalue weighted by atomic mass is 16.5. The number of aliphatic hydroxyl groups is 1. The maximum Gasteiger partial charge on any atom is 0.331 e. The summed E-state index contributed by atoms with van der Waals surface area (Å²) in [5, 5.41) is 8.44. The van der Waals surface area contributed by atoms with Gasteiger partial charge in [-0.05, 0) is 32.1 Å². The Bertz CT molecular complexity index is 224. The van der Waals surface area contributed by atoms with Crippen LogP contribution in [-0.4, -0.2) is 24.3 Å². The molecule has 3 nitrogen and oxygen atoms in total. The zero-order valence-electron chi connectivity index (χ0n) is 12.4. The number of allylic oxidation sites excluding steroid dienone is 2. The van der Waals surface area contributed by atoms with Crippen molar-refractivity contribution < 1.29 is 14.6 Å². The fraction of sp³-hybridized carbons (Fsp3) is 0.812. The highest BCUT2D eigenvalue weighted by Gasteiger charge is 1.97. The van der Waals surface area contributed by atoms with Crippen molar-refractivity contribution in [2.45, 2.75) is 71.1 Å². The minimum atomic E-state index is -0.522. The fourth-order valence-electron chi connectivity index (χ4n) is 1.87. The maximum atomic E-state index is 10.6. The van der Waals surface area contributed by atoms with Gasteiger partial charge in [-0.1, -0.05) is 51.2 Å². The van der Waals surface area contributed by atoms with E-state index in [1.165, 1.54) is 44.9 Å². The summed E-state index contributed by atoms with van der Waals surface area (Å²) in [5.74, 6) is -0.522. The van der Waals surface area contributed by atoms with Gasteiger partial charge in [0.05, 0.1) is 6.61 Å². The normalized spacial score (nSPS) is 11.1. The van der Waals surface area contributed by atoms with E-state index in [2.05, 4.69) is 19.1 Å². The van der Waals surface area contributed by atoms with Crippen LogP contribution in [0.15, 0.2) is 12.2 Å². The Kier molecular flexibility index (Phi) is 14.6. The molecule has 112 valence electrons. The molecule has 0 aliphatic carbocycles. The van der Waals surface area contributed by atoms with E-state index >= 15 is 0 Å². The third kappa shape index (κ3) is 15.1. The van der Waals surface area contributed by atoms with Gasteiger partial charge in [-0.2, -0.15) is 0 Å². The summed E-state index contributed by atoms with van der Waals surface area (Å²) in [4.78, 5) is 10.6. The van der Waals surface area contributed by atoms with E-state index < -0.39 is 12.6 Å². The van der Waals surface area contributed by atoms with Gasteiger partial charge >= 0.3 is 5.97 Å². The number of aliphatic hydroxyl groups excluding tert-OH is 1. The van der Waals surface area contributed by atoms with Crippen LogP contribution in [0.25, 0.3) is 0 Å². The lowest BCUT2D eigenvalue weighted by Crippen LogP contribution is -2.09. The quantitative estimate of drug-likeness (QED) is 0.312. The molecular weight excluding hydrogens is 240 g/mol. The van der Waals surface area contributed by atoms with E-state index in [1.54, 1.807) is 0 Å². The van der Waals surface area contributed by atoms with Crippen LogP contribution in [0.4, 0.5) is 0 Å². The summed E-state index contributed by atoms with van der Waals surface area (Å²) >= 11 is 0. The molecule has 3 heteroatoms. The number of rotatable bonds is 13. The SMILES string of the molecule is CCCCCC/C=C\CCCCCCOC(=O)CO. The molecule has 0 saturated carbocycles. The van der Waals surface area contributed by atoms with E-state index in [9.17, 15) is 4.79 Å². The van der Waals surface area contributed by atoms with Gasteiger partial charge < -0.3 is 9.84 Å². The van der Waals surface area contributed by atoms with Crippen LogP contribution in [0, 0.1) is 0 Å². The summed E-state index contributed by atoms with van der Waals surface area (Å²) in [7, 11) is 0. The molecule has 19 heavy (non-hydrogen) atoms. The molecule has 1 N–H and O–H groups in total. The highest BCUT2D eigenvalue weighted by molar-refractivity contribution is 5.70. The van der Waals surface area contributed by atoms with E-state index in [1.807, 2.05) is 0 Å². The first-order valence-corrected chi connectivity index (χ1v) is 7.72. The van der Waals surface area contributed by atoms with Crippen molar-refractivity contribution in [2.75, 3.05) is 13.2 Å². The van der Waals surface area contributed by atoms with Crippen molar-refractivity contribution in [2.24, 2.45) is 0 Å². The van der Waals surface area contributed by atoms with Crippen LogP contribution in [-0.2, 0) is 9.53 Å². The van der Waals surface area contributed by atoms with Crippen molar-refractivity contribution in [3.8, 4) is 0 Å². The second-order valence-corrected chi connectivity index (χ2v) is 4.90. The average molecular weight is 270 g/mol. The van der Waals surface area contributed by atoms with Crippen LogP contribution in [0.2, 0.25) is 0 Å².